The molecule has 100 valence electrons. The average Bonchev–Trinajstić information content (AvgIpc) is 2.81. The lowest BCUT2D eigenvalue weighted by atomic mass is 10.1. The van der Waals surface area contributed by atoms with E-state index in [0.717, 1.165) is 0 Å². The predicted octanol–water partition coefficient (Wildman–Crippen LogP) is 5.51. The molecule has 1 aromatic heterocycles. The minimum atomic E-state index is 1.29. The second-order valence-electron chi connectivity index (χ2n) is 4.79. The molecule has 0 saturated heterocycles. The molecule has 0 radical (unpaired) electrons. The van der Waals surface area contributed by atoms with Crippen molar-refractivity contribution in [2.45, 2.75) is 13.8 Å². The molecule has 1 nitrogen and oxygen atoms in total. The normalized spacial score (nSPS) is 10.8. The van der Waals surface area contributed by atoms with Gasteiger partial charge in [-0.15, -0.1) is 0 Å². The third-order valence-electron chi connectivity index (χ3n) is 3.78. The molecular weight excluding hydrogens is 242 g/mol. The van der Waals surface area contributed by atoms with Gasteiger partial charge in [-0.25, -0.2) is 0 Å². The molecule has 20 heavy (non-hydrogen) atoms. The van der Waals surface area contributed by atoms with E-state index in [9.17, 15) is 0 Å². The summed E-state index contributed by atoms with van der Waals surface area (Å²) in [6.07, 6.45) is 0. The van der Waals surface area contributed by atoms with Crippen LogP contribution in [-0.2, 0) is 7.05 Å². The SMILES string of the molecule is CC.Cn1c2ccccc2c2cc3ccccc3cc21. The summed E-state index contributed by atoms with van der Waals surface area (Å²) in [5.41, 5.74) is 2.60. The van der Waals surface area contributed by atoms with Gasteiger partial charge in [0.1, 0.15) is 0 Å². The summed E-state index contributed by atoms with van der Waals surface area (Å²) in [7, 11) is 2.14. The monoisotopic (exact) mass is 261 g/mol. The van der Waals surface area contributed by atoms with Crippen LogP contribution in [-0.4, -0.2) is 4.57 Å². The lowest BCUT2D eigenvalue weighted by Gasteiger charge is -2.00. The van der Waals surface area contributed by atoms with Crippen LogP contribution in [0.3, 0.4) is 0 Å². The Morgan fingerprint density at radius 2 is 1.25 bits per heavy atom. The fraction of sp³-hybridized carbons (Fsp3) is 0.158. The highest BCUT2D eigenvalue weighted by Crippen LogP contribution is 2.31. The van der Waals surface area contributed by atoms with E-state index in [1.54, 1.807) is 0 Å². The molecule has 3 aromatic carbocycles. The van der Waals surface area contributed by atoms with Gasteiger partial charge >= 0.3 is 0 Å². The van der Waals surface area contributed by atoms with Gasteiger partial charge in [0.15, 0.2) is 0 Å². The topological polar surface area (TPSA) is 4.93 Å². The zero-order valence-electron chi connectivity index (χ0n) is 12.2. The van der Waals surface area contributed by atoms with Gasteiger partial charge in [0.25, 0.3) is 0 Å². The molecule has 1 heteroatoms. The molecule has 0 N–H and O–H groups in total. The zero-order valence-corrected chi connectivity index (χ0v) is 12.2. The fourth-order valence-electron chi connectivity index (χ4n) is 2.85. The number of para-hydroxylation sites is 1. The second kappa shape index (κ2) is 5.01. The van der Waals surface area contributed by atoms with Crippen LogP contribution in [0.2, 0.25) is 0 Å². The summed E-state index contributed by atoms with van der Waals surface area (Å²) in [6.45, 7) is 4.00. The molecule has 1 heterocycles. The van der Waals surface area contributed by atoms with Crippen molar-refractivity contribution in [3.05, 3.63) is 60.7 Å². The van der Waals surface area contributed by atoms with E-state index >= 15 is 0 Å². The Kier molecular flexibility index (Phi) is 3.19. The molecule has 0 aliphatic heterocycles. The number of benzene rings is 3. The number of hydrogen-bond donors (Lipinski definition) is 0. The molecule has 0 unspecified atom stereocenters. The van der Waals surface area contributed by atoms with Crippen LogP contribution < -0.4 is 0 Å². The molecular formula is C19H19N. The Labute approximate surface area is 119 Å². The first-order valence-corrected chi connectivity index (χ1v) is 7.20. The summed E-state index contributed by atoms with van der Waals surface area (Å²) >= 11 is 0. The average molecular weight is 261 g/mol. The van der Waals surface area contributed by atoms with Gasteiger partial charge < -0.3 is 4.57 Å². The number of fused-ring (bicyclic) bond motifs is 4. The van der Waals surface area contributed by atoms with Crippen molar-refractivity contribution in [3.63, 3.8) is 0 Å². The first-order chi connectivity index (χ1) is 9.84. The minimum Gasteiger partial charge on any atom is -0.344 e. The van der Waals surface area contributed by atoms with E-state index < -0.39 is 0 Å². The van der Waals surface area contributed by atoms with Crippen LogP contribution in [0, 0.1) is 0 Å². The number of aromatic nitrogens is 1. The lowest BCUT2D eigenvalue weighted by molar-refractivity contribution is 1.02. The van der Waals surface area contributed by atoms with Crippen molar-refractivity contribution in [1.82, 2.24) is 4.57 Å². The fourth-order valence-corrected chi connectivity index (χ4v) is 2.85. The van der Waals surface area contributed by atoms with E-state index in [1.165, 1.54) is 32.6 Å². The molecule has 0 spiro atoms. The zero-order chi connectivity index (χ0) is 14.1. The van der Waals surface area contributed by atoms with Gasteiger partial charge in [-0.2, -0.15) is 0 Å². The van der Waals surface area contributed by atoms with Crippen molar-refractivity contribution in [2.75, 3.05) is 0 Å². The smallest absolute Gasteiger partial charge is 0.0495 e. The molecule has 0 atom stereocenters. The summed E-state index contributed by atoms with van der Waals surface area (Å²) in [4.78, 5) is 0. The van der Waals surface area contributed by atoms with Gasteiger partial charge in [0.2, 0.25) is 0 Å². The van der Waals surface area contributed by atoms with Crippen molar-refractivity contribution < 1.29 is 0 Å². The third kappa shape index (κ3) is 1.78. The molecule has 4 aromatic rings. The molecule has 0 bridgehead atoms. The Morgan fingerprint density at radius 3 is 2.00 bits per heavy atom. The number of nitrogens with zero attached hydrogens (tertiary/aromatic N) is 1. The maximum absolute atomic E-state index is 2.30. The summed E-state index contributed by atoms with van der Waals surface area (Å²) in [6, 6.07) is 21.7. The Balaban J connectivity index is 0.000000581. The Morgan fingerprint density at radius 1 is 0.650 bits per heavy atom. The van der Waals surface area contributed by atoms with E-state index in [4.69, 9.17) is 0 Å². The highest BCUT2D eigenvalue weighted by atomic mass is 14.9. The standard InChI is InChI=1S/C17H13N.C2H6/c1-18-16-9-5-4-8-14(16)15-10-12-6-2-3-7-13(12)11-17(15)18;1-2/h2-11H,1H3;1-2H3. The van der Waals surface area contributed by atoms with Gasteiger partial charge in [0, 0.05) is 28.9 Å². The molecule has 0 fully saturated rings. The number of hydrogen-bond acceptors (Lipinski definition) is 0. The maximum Gasteiger partial charge on any atom is 0.0495 e. The highest BCUT2D eigenvalue weighted by Gasteiger charge is 2.08. The van der Waals surface area contributed by atoms with Crippen molar-refractivity contribution in [3.8, 4) is 0 Å². The quantitative estimate of drug-likeness (QED) is 0.393. The van der Waals surface area contributed by atoms with E-state index in [1.807, 2.05) is 13.8 Å². The van der Waals surface area contributed by atoms with Crippen LogP contribution >= 0.6 is 0 Å². The van der Waals surface area contributed by atoms with Crippen LogP contribution in [0.5, 0.6) is 0 Å². The Bertz CT molecular complexity index is 884. The maximum atomic E-state index is 2.30. The van der Waals surface area contributed by atoms with Gasteiger partial charge in [-0.3, -0.25) is 0 Å². The van der Waals surface area contributed by atoms with E-state index in [-0.39, 0.29) is 0 Å². The van der Waals surface area contributed by atoms with Crippen molar-refractivity contribution in [1.29, 1.82) is 0 Å². The minimum absolute atomic E-state index is 1.29. The van der Waals surface area contributed by atoms with Crippen LogP contribution in [0.4, 0.5) is 0 Å². The molecule has 0 amide bonds. The van der Waals surface area contributed by atoms with Crippen LogP contribution in [0.25, 0.3) is 32.6 Å². The van der Waals surface area contributed by atoms with E-state index in [2.05, 4.69) is 72.3 Å². The first-order valence-electron chi connectivity index (χ1n) is 7.20. The Hall–Kier alpha value is -2.28. The number of rotatable bonds is 0. The summed E-state index contributed by atoms with van der Waals surface area (Å²) < 4.78 is 2.27. The lowest BCUT2D eigenvalue weighted by Crippen LogP contribution is -1.85. The summed E-state index contributed by atoms with van der Waals surface area (Å²) in [5.74, 6) is 0. The second-order valence-corrected chi connectivity index (χ2v) is 4.79. The molecule has 0 aliphatic rings. The van der Waals surface area contributed by atoms with Gasteiger partial charge in [0.05, 0.1) is 0 Å². The third-order valence-corrected chi connectivity index (χ3v) is 3.78. The molecule has 4 rings (SSSR count). The predicted molar refractivity (Wildman–Crippen MR) is 89.3 cm³/mol. The van der Waals surface area contributed by atoms with Crippen LogP contribution in [0.15, 0.2) is 60.7 Å². The summed E-state index contributed by atoms with van der Waals surface area (Å²) in [5, 5.41) is 5.28. The highest BCUT2D eigenvalue weighted by molar-refractivity contribution is 6.12. The van der Waals surface area contributed by atoms with E-state index in [0.29, 0.717) is 0 Å². The van der Waals surface area contributed by atoms with Crippen LogP contribution in [0.1, 0.15) is 13.8 Å². The largest absolute Gasteiger partial charge is 0.344 e. The van der Waals surface area contributed by atoms with Gasteiger partial charge in [-0.05, 0) is 29.0 Å². The number of aryl methyl sites for hydroxylation is 1. The van der Waals surface area contributed by atoms with Gasteiger partial charge in [-0.1, -0.05) is 56.3 Å². The first kappa shape index (κ1) is 12.7. The molecule has 0 saturated carbocycles. The van der Waals surface area contributed by atoms with Crippen molar-refractivity contribution in [2.24, 2.45) is 7.05 Å². The molecule has 0 aliphatic carbocycles. The van der Waals surface area contributed by atoms with Crippen molar-refractivity contribution >= 4 is 32.6 Å².